The minimum absolute atomic E-state index is 0.604. The zero-order valence-electron chi connectivity index (χ0n) is 16.5. The number of aryl methyl sites for hydroxylation is 1. The number of hydrogen-bond donors (Lipinski definition) is 2. The zero-order chi connectivity index (χ0) is 19.3. The van der Waals surface area contributed by atoms with Crippen molar-refractivity contribution in [3.05, 3.63) is 82.4 Å². The first-order valence-corrected chi connectivity index (χ1v) is 10.6. The summed E-state index contributed by atoms with van der Waals surface area (Å²) in [5.41, 5.74) is 4.91. The van der Waals surface area contributed by atoms with Gasteiger partial charge in [0.2, 0.25) is 0 Å². The second-order valence-corrected chi connectivity index (χ2v) is 8.16. The number of rotatable bonds is 6. The number of allylic oxidation sites excluding steroid dienone is 4. The third-order valence-electron chi connectivity index (χ3n) is 5.77. The van der Waals surface area contributed by atoms with Crippen LogP contribution in [-0.2, 0) is 6.54 Å². The van der Waals surface area contributed by atoms with Gasteiger partial charge in [0.25, 0.3) is 0 Å². The van der Waals surface area contributed by atoms with Crippen molar-refractivity contribution in [2.75, 3.05) is 26.2 Å². The average Bonchev–Trinajstić information content (AvgIpc) is 2.74. The summed E-state index contributed by atoms with van der Waals surface area (Å²) in [6, 6.07) is 6.91. The largest absolute Gasteiger partial charge is 0.360 e. The summed E-state index contributed by atoms with van der Waals surface area (Å²) in [7, 11) is 0. The molecular weight excluding hydrogens is 368 g/mol. The number of hydrogen-bond acceptors (Lipinski definition) is 4. The Morgan fingerprint density at radius 2 is 2.00 bits per heavy atom. The Labute approximate surface area is 173 Å². The number of dihydropyridines is 1. The van der Waals surface area contributed by atoms with Crippen LogP contribution in [-0.4, -0.2) is 42.0 Å². The van der Waals surface area contributed by atoms with Gasteiger partial charge in [-0.1, -0.05) is 23.7 Å². The maximum Gasteiger partial charge on any atom is 0.0646 e. The number of nitrogens with one attached hydrogen (secondary N) is 2. The van der Waals surface area contributed by atoms with E-state index >= 15 is 0 Å². The van der Waals surface area contributed by atoms with Crippen molar-refractivity contribution >= 4 is 11.6 Å². The van der Waals surface area contributed by atoms with Gasteiger partial charge in [-0.25, -0.2) is 0 Å². The van der Waals surface area contributed by atoms with Crippen LogP contribution >= 0.6 is 11.6 Å². The van der Waals surface area contributed by atoms with E-state index in [0.29, 0.717) is 6.04 Å². The van der Waals surface area contributed by atoms with Gasteiger partial charge in [-0.2, -0.15) is 0 Å². The Bertz CT molecular complexity index is 816. The molecule has 0 unspecified atom stereocenters. The van der Waals surface area contributed by atoms with Gasteiger partial charge in [0.15, 0.2) is 0 Å². The monoisotopic (exact) mass is 396 g/mol. The van der Waals surface area contributed by atoms with Crippen LogP contribution in [0.1, 0.15) is 24.0 Å². The lowest BCUT2D eigenvalue weighted by Gasteiger charge is -2.35. The fourth-order valence-electron chi connectivity index (χ4n) is 4.03. The van der Waals surface area contributed by atoms with Crippen LogP contribution in [0.4, 0.5) is 0 Å². The van der Waals surface area contributed by atoms with Crippen LogP contribution in [0.25, 0.3) is 0 Å². The Balaban J connectivity index is 1.20. The maximum atomic E-state index is 6.12. The predicted molar refractivity (Wildman–Crippen MR) is 117 cm³/mol. The second-order valence-electron chi connectivity index (χ2n) is 7.75. The molecule has 1 fully saturated rings. The lowest BCUT2D eigenvalue weighted by molar-refractivity contribution is 0.186. The molecule has 0 atom stereocenters. The topological polar surface area (TPSA) is 30.5 Å². The molecule has 2 N–H and O–H groups in total. The molecule has 5 heteroatoms. The molecule has 3 aliphatic heterocycles. The van der Waals surface area contributed by atoms with E-state index in [4.69, 9.17) is 11.6 Å². The number of nitrogens with zero attached hydrogens (tertiary/aromatic N) is 2. The normalized spacial score (nSPS) is 19.9. The third-order valence-corrected chi connectivity index (χ3v) is 6.19. The molecule has 0 spiro atoms. The van der Waals surface area contributed by atoms with E-state index in [1.165, 1.54) is 29.8 Å². The van der Waals surface area contributed by atoms with Crippen molar-refractivity contribution in [2.24, 2.45) is 0 Å². The van der Waals surface area contributed by atoms with E-state index in [1.807, 2.05) is 12.3 Å². The molecule has 148 valence electrons. The van der Waals surface area contributed by atoms with E-state index in [9.17, 15) is 0 Å². The number of piperidine rings is 1. The molecule has 3 aliphatic rings. The standard InChI is InChI=1S/C23H29ClN4/c1-18-16-19(6-7-21(18)24)17-26-20-8-12-27(13-9-20)14-15-28-11-3-4-22-23(28)5-2-10-25-22/h2-7,10-11,16,20,25-26H,8-9,12-15,17H2,1H3. The molecule has 0 aromatic heterocycles. The Hall–Kier alpha value is -2.01. The molecular formula is C23H29ClN4. The number of fused-ring (bicyclic) bond motifs is 1. The maximum absolute atomic E-state index is 6.12. The number of benzene rings is 1. The molecule has 1 aromatic rings. The van der Waals surface area contributed by atoms with Gasteiger partial charge in [0, 0.05) is 43.1 Å². The highest BCUT2D eigenvalue weighted by Crippen LogP contribution is 2.21. The molecule has 28 heavy (non-hydrogen) atoms. The molecule has 0 bridgehead atoms. The van der Waals surface area contributed by atoms with Gasteiger partial charge in [0.05, 0.1) is 11.4 Å². The molecule has 0 amide bonds. The van der Waals surface area contributed by atoms with Gasteiger partial charge < -0.3 is 20.4 Å². The van der Waals surface area contributed by atoms with Gasteiger partial charge in [-0.3, -0.25) is 0 Å². The Kier molecular flexibility index (Phi) is 6.20. The Morgan fingerprint density at radius 1 is 1.14 bits per heavy atom. The lowest BCUT2D eigenvalue weighted by Crippen LogP contribution is -2.44. The predicted octanol–water partition coefficient (Wildman–Crippen LogP) is 3.92. The number of halogens is 1. The second kappa shape index (κ2) is 8.99. The van der Waals surface area contributed by atoms with Crippen molar-refractivity contribution in [1.29, 1.82) is 0 Å². The molecule has 4 nitrogen and oxygen atoms in total. The first-order valence-electron chi connectivity index (χ1n) is 10.2. The minimum Gasteiger partial charge on any atom is -0.360 e. The summed E-state index contributed by atoms with van der Waals surface area (Å²) >= 11 is 6.12. The fourth-order valence-corrected chi connectivity index (χ4v) is 4.15. The van der Waals surface area contributed by atoms with E-state index < -0.39 is 0 Å². The van der Waals surface area contributed by atoms with Crippen LogP contribution in [0.3, 0.4) is 0 Å². The highest BCUT2D eigenvalue weighted by molar-refractivity contribution is 6.31. The van der Waals surface area contributed by atoms with Gasteiger partial charge in [-0.05, 0) is 74.4 Å². The molecule has 4 rings (SSSR count). The first-order chi connectivity index (χ1) is 13.7. The summed E-state index contributed by atoms with van der Waals surface area (Å²) in [5, 5.41) is 7.89. The molecule has 0 saturated carbocycles. The van der Waals surface area contributed by atoms with Gasteiger partial charge in [0.1, 0.15) is 0 Å². The van der Waals surface area contributed by atoms with Crippen molar-refractivity contribution in [2.45, 2.75) is 32.4 Å². The van der Waals surface area contributed by atoms with Crippen molar-refractivity contribution in [3.8, 4) is 0 Å². The van der Waals surface area contributed by atoms with Crippen molar-refractivity contribution < 1.29 is 0 Å². The van der Waals surface area contributed by atoms with Crippen LogP contribution in [0.5, 0.6) is 0 Å². The van der Waals surface area contributed by atoms with E-state index in [2.05, 4.69) is 70.0 Å². The van der Waals surface area contributed by atoms with Crippen LogP contribution in [0.2, 0.25) is 5.02 Å². The van der Waals surface area contributed by atoms with Gasteiger partial charge >= 0.3 is 0 Å². The van der Waals surface area contributed by atoms with E-state index in [-0.39, 0.29) is 0 Å². The van der Waals surface area contributed by atoms with E-state index in [1.54, 1.807) is 0 Å². The molecule has 0 aliphatic carbocycles. The summed E-state index contributed by atoms with van der Waals surface area (Å²) in [4.78, 5) is 4.93. The molecule has 3 heterocycles. The highest BCUT2D eigenvalue weighted by atomic mass is 35.5. The number of likely N-dealkylation sites (tertiary alicyclic amines) is 1. The summed E-state index contributed by atoms with van der Waals surface area (Å²) in [5.74, 6) is 0. The van der Waals surface area contributed by atoms with Gasteiger partial charge in [-0.15, -0.1) is 0 Å². The molecule has 1 aromatic carbocycles. The zero-order valence-corrected chi connectivity index (χ0v) is 17.3. The Morgan fingerprint density at radius 3 is 2.82 bits per heavy atom. The highest BCUT2D eigenvalue weighted by Gasteiger charge is 2.21. The van der Waals surface area contributed by atoms with E-state index in [0.717, 1.165) is 43.3 Å². The molecule has 0 radical (unpaired) electrons. The summed E-state index contributed by atoms with van der Waals surface area (Å²) < 4.78 is 0. The van der Waals surface area contributed by atoms with Crippen molar-refractivity contribution in [3.63, 3.8) is 0 Å². The fraction of sp³-hybridized carbons (Fsp3) is 0.391. The van der Waals surface area contributed by atoms with Crippen LogP contribution in [0, 0.1) is 6.92 Å². The summed E-state index contributed by atoms with van der Waals surface area (Å²) in [6.07, 6.45) is 15.1. The van der Waals surface area contributed by atoms with Crippen molar-refractivity contribution in [1.82, 2.24) is 20.4 Å². The quantitative estimate of drug-likeness (QED) is 0.763. The third kappa shape index (κ3) is 4.69. The molecule has 1 saturated heterocycles. The SMILES string of the molecule is Cc1cc(CNC2CCN(CCN3C=CC=C4NC=CC=C43)CC2)ccc1Cl. The van der Waals surface area contributed by atoms with Crippen LogP contribution < -0.4 is 10.6 Å². The van der Waals surface area contributed by atoms with Crippen LogP contribution in [0.15, 0.2) is 66.3 Å². The smallest absolute Gasteiger partial charge is 0.0646 e. The first kappa shape index (κ1) is 19.3. The minimum atomic E-state index is 0.604. The summed E-state index contributed by atoms with van der Waals surface area (Å²) in [6.45, 7) is 7.43. The lowest BCUT2D eigenvalue weighted by atomic mass is 10.0. The average molecular weight is 397 g/mol.